The van der Waals surface area contributed by atoms with Crippen molar-refractivity contribution in [1.82, 2.24) is 10.2 Å². The molecular formula is C20H27N3O5. The van der Waals surface area contributed by atoms with Crippen molar-refractivity contribution in [2.75, 3.05) is 11.9 Å². The molecule has 0 spiro atoms. The summed E-state index contributed by atoms with van der Waals surface area (Å²) in [7, 11) is 0. The second kappa shape index (κ2) is 8.41. The zero-order valence-electron chi connectivity index (χ0n) is 16.9. The molecule has 8 nitrogen and oxygen atoms in total. The second-order valence-electron chi connectivity index (χ2n) is 7.05. The quantitative estimate of drug-likeness (QED) is 0.550. The van der Waals surface area contributed by atoms with Crippen LogP contribution >= 0.6 is 0 Å². The monoisotopic (exact) mass is 389 g/mol. The van der Waals surface area contributed by atoms with Crippen molar-refractivity contribution < 1.29 is 23.9 Å². The standard InChI is InChI=1S/C20H27N3O5/c1-6-20(7-2)18(26)23(19(27)22-20)11-16(24)28-14(5)17(25)21-15-10-12(3)8-9-13(15)4/h8-10,14H,6-7,11H2,1-5H3,(H,21,25)(H,22,27)/t14-/m0/s1. The number of carbonyl (C=O) groups is 4. The van der Waals surface area contributed by atoms with Gasteiger partial charge in [-0.25, -0.2) is 4.79 Å². The van der Waals surface area contributed by atoms with Crippen molar-refractivity contribution in [2.24, 2.45) is 0 Å². The minimum absolute atomic E-state index is 0.425. The normalized spacial score (nSPS) is 16.5. The average Bonchev–Trinajstić information content (AvgIpc) is 2.89. The molecule has 28 heavy (non-hydrogen) atoms. The molecule has 1 heterocycles. The fourth-order valence-electron chi connectivity index (χ4n) is 3.07. The van der Waals surface area contributed by atoms with Crippen LogP contribution in [0.2, 0.25) is 0 Å². The summed E-state index contributed by atoms with van der Waals surface area (Å²) in [5.41, 5.74) is 1.52. The summed E-state index contributed by atoms with van der Waals surface area (Å²) in [5, 5.41) is 5.37. The molecule has 2 rings (SSSR count). The lowest BCUT2D eigenvalue weighted by atomic mass is 9.93. The number of benzene rings is 1. The number of nitrogens with one attached hydrogen (secondary N) is 2. The van der Waals surface area contributed by atoms with Gasteiger partial charge in [0, 0.05) is 5.69 Å². The van der Waals surface area contributed by atoms with Crippen molar-refractivity contribution in [3.05, 3.63) is 29.3 Å². The number of hydrogen-bond acceptors (Lipinski definition) is 5. The van der Waals surface area contributed by atoms with Crippen LogP contribution in [-0.2, 0) is 19.1 Å². The Morgan fingerprint density at radius 1 is 1.21 bits per heavy atom. The highest BCUT2D eigenvalue weighted by Crippen LogP contribution is 2.24. The molecule has 4 amide bonds. The summed E-state index contributed by atoms with van der Waals surface area (Å²) in [6, 6.07) is 5.01. The van der Waals surface area contributed by atoms with E-state index in [0.717, 1.165) is 16.0 Å². The average molecular weight is 389 g/mol. The third kappa shape index (κ3) is 4.32. The molecule has 1 aliphatic heterocycles. The minimum Gasteiger partial charge on any atom is -0.451 e. The van der Waals surface area contributed by atoms with Gasteiger partial charge in [-0.05, 0) is 50.8 Å². The van der Waals surface area contributed by atoms with Gasteiger partial charge < -0.3 is 15.4 Å². The number of rotatable bonds is 7. The van der Waals surface area contributed by atoms with Gasteiger partial charge in [0.1, 0.15) is 12.1 Å². The summed E-state index contributed by atoms with van der Waals surface area (Å²) >= 11 is 0. The number of imide groups is 1. The van der Waals surface area contributed by atoms with Gasteiger partial charge >= 0.3 is 12.0 Å². The van der Waals surface area contributed by atoms with Crippen molar-refractivity contribution >= 4 is 29.5 Å². The van der Waals surface area contributed by atoms with Gasteiger partial charge in [0.25, 0.3) is 11.8 Å². The van der Waals surface area contributed by atoms with Crippen molar-refractivity contribution in [3.63, 3.8) is 0 Å². The Morgan fingerprint density at radius 2 is 1.86 bits per heavy atom. The van der Waals surface area contributed by atoms with Crippen LogP contribution in [0.5, 0.6) is 0 Å². The topological polar surface area (TPSA) is 105 Å². The molecule has 1 aromatic rings. The first-order chi connectivity index (χ1) is 13.1. The molecule has 2 N–H and O–H groups in total. The Balaban J connectivity index is 1.97. The molecular weight excluding hydrogens is 362 g/mol. The van der Waals surface area contributed by atoms with Crippen LogP contribution < -0.4 is 10.6 Å². The molecule has 0 bridgehead atoms. The molecule has 1 fully saturated rings. The predicted octanol–water partition coefficient (Wildman–Crippen LogP) is 2.28. The second-order valence-corrected chi connectivity index (χ2v) is 7.05. The Bertz CT molecular complexity index is 801. The SMILES string of the molecule is CCC1(CC)NC(=O)N(CC(=O)O[C@@H](C)C(=O)Nc2cc(C)ccc2C)C1=O. The summed E-state index contributed by atoms with van der Waals surface area (Å²) < 4.78 is 5.12. The fourth-order valence-corrected chi connectivity index (χ4v) is 3.07. The maximum absolute atomic E-state index is 12.5. The zero-order valence-corrected chi connectivity index (χ0v) is 16.9. The van der Waals surface area contributed by atoms with E-state index in [4.69, 9.17) is 4.74 Å². The molecule has 0 unspecified atom stereocenters. The summed E-state index contributed by atoms with van der Waals surface area (Å²) in [6.07, 6.45) is -0.224. The molecule has 1 atom stereocenters. The first-order valence-corrected chi connectivity index (χ1v) is 9.35. The van der Waals surface area contributed by atoms with Crippen LogP contribution in [0.25, 0.3) is 0 Å². The number of esters is 1. The Hall–Kier alpha value is -2.90. The zero-order chi connectivity index (χ0) is 21.1. The lowest BCUT2D eigenvalue weighted by molar-refractivity contribution is -0.155. The number of hydrogen-bond donors (Lipinski definition) is 2. The maximum Gasteiger partial charge on any atom is 0.327 e. The van der Waals surface area contributed by atoms with Crippen LogP contribution in [-0.4, -0.2) is 46.9 Å². The van der Waals surface area contributed by atoms with Crippen LogP contribution in [0.15, 0.2) is 18.2 Å². The van der Waals surface area contributed by atoms with E-state index in [-0.39, 0.29) is 0 Å². The number of nitrogens with zero attached hydrogens (tertiary/aromatic N) is 1. The van der Waals surface area contributed by atoms with Crippen LogP contribution in [0.1, 0.15) is 44.7 Å². The van der Waals surface area contributed by atoms with Crippen LogP contribution in [0.4, 0.5) is 10.5 Å². The van der Waals surface area contributed by atoms with Gasteiger partial charge in [0.2, 0.25) is 0 Å². The molecule has 0 radical (unpaired) electrons. The number of amides is 4. The molecule has 0 saturated carbocycles. The number of urea groups is 1. The van der Waals surface area contributed by atoms with Gasteiger partial charge in [-0.3, -0.25) is 19.3 Å². The Kier molecular flexibility index (Phi) is 6.43. The maximum atomic E-state index is 12.5. The fraction of sp³-hybridized carbons (Fsp3) is 0.500. The van der Waals surface area contributed by atoms with E-state index in [1.54, 1.807) is 13.8 Å². The lowest BCUT2D eigenvalue weighted by Gasteiger charge is -2.23. The smallest absolute Gasteiger partial charge is 0.327 e. The van der Waals surface area contributed by atoms with Gasteiger partial charge in [-0.2, -0.15) is 0 Å². The van der Waals surface area contributed by atoms with Gasteiger partial charge in [-0.15, -0.1) is 0 Å². The number of anilines is 1. The van der Waals surface area contributed by atoms with Crippen molar-refractivity contribution in [1.29, 1.82) is 0 Å². The van der Waals surface area contributed by atoms with Gasteiger partial charge in [0.05, 0.1) is 0 Å². The molecule has 1 aromatic carbocycles. The highest BCUT2D eigenvalue weighted by Gasteiger charge is 2.49. The summed E-state index contributed by atoms with van der Waals surface area (Å²) in [5.74, 6) is -1.77. The minimum atomic E-state index is -1.07. The van der Waals surface area contributed by atoms with Crippen molar-refractivity contribution in [3.8, 4) is 0 Å². The molecule has 152 valence electrons. The van der Waals surface area contributed by atoms with E-state index in [1.165, 1.54) is 6.92 Å². The van der Waals surface area contributed by atoms with Gasteiger partial charge in [-0.1, -0.05) is 26.0 Å². The highest BCUT2D eigenvalue weighted by molar-refractivity contribution is 6.08. The Labute approximate surface area is 164 Å². The molecule has 0 aromatic heterocycles. The van der Waals surface area contributed by atoms with Crippen molar-refractivity contribution in [2.45, 2.75) is 59.1 Å². The number of carbonyl (C=O) groups excluding carboxylic acids is 4. The predicted molar refractivity (Wildman–Crippen MR) is 104 cm³/mol. The van der Waals surface area contributed by atoms with Gasteiger partial charge in [0.15, 0.2) is 6.10 Å². The Morgan fingerprint density at radius 3 is 2.43 bits per heavy atom. The number of aryl methyl sites for hydroxylation is 2. The lowest BCUT2D eigenvalue weighted by Crippen LogP contribution is -2.46. The summed E-state index contributed by atoms with van der Waals surface area (Å²) in [6.45, 7) is 8.26. The van der Waals surface area contributed by atoms with E-state index in [2.05, 4.69) is 10.6 Å². The van der Waals surface area contributed by atoms with E-state index >= 15 is 0 Å². The largest absolute Gasteiger partial charge is 0.451 e. The summed E-state index contributed by atoms with van der Waals surface area (Å²) in [4.78, 5) is 50.0. The van der Waals surface area contributed by atoms with E-state index in [0.29, 0.717) is 18.5 Å². The van der Waals surface area contributed by atoms with Crippen LogP contribution in [0, 0.1) is 13.8 Å². The third-order valence-corrected chi connectivity index (χ3v) is 5.07. The highest BCUT2D eigenvalue weighted by atomic mass is 16.5. The molecule has 0 aliphatic carbocycles. The first-order valence-electron chi connectivity index (χ1n) is 9.35. The van der Waals surface area contributed by atoms with E-state index in [9.17, 15) is 19.2 Å². The molecule has 1 saturated heterocycles. The molecule has 8 heteroatoms. The number of ether oxygens (including phenoxy) is 1. The first kappa shape index (κ1) is 21.4. The van der Waals surface area contributed by atoms with Crippen LogP contribution in [0.3, 0.4) is 0 Å². The van der Waals surface area contributed by atoms with E-state index < -0.39 is 42.0 Å². The van der Waals surface area contributed by atoms with E-state index in [1.807, 2.05) is 32.0 Å². The molecule has 1 aliphatic rings. The third-order valence-electron chi connectivity index (χ3n) is 5.07.